The van der Waals surface area contributed by atoms with Gasteiger partial charge in [0.15, 0.2) is 0 Å². The van der Waals surface area contributed by atoms with Crippen molar-refractivity contribution in [2.75, 3.05) is 12.4 Å². The van der Waals surface area contributed by atoms with Crippen molar-refractivity contribution in [1.82, 2.24) is 4.90 Å². The summed E-state index contributed by atoms with van der Waals surface area (Å²) in [4.78, 5) is 27.3. The minimum Gasteiger partial charge on any atom is -0.342 e. The van der Waals surface area contributed by atoms with Gasteiger partial charge in [-0.3, -0.25) is 9.59 Å². The highest BCUT2D eigenvalue weighted by Crippen LogP contribution is 2.66. The second-order valence-electron chi connectivity index (χ2n) is 11.4. The predicted octanol–water partition coefficient (Wildman–Crippen LogP) is 5.49. The molecule has 1 aromatic rings. The monoisotopic (exact) mass is 422 g/mol. The van der Waals surface area contributed by atoms with Crippen LogP contribution in [-0.2, 0) is 9.59 Å². The van der Waals surface area contributed by atoms with Crippen LogP contribution in [0.25, 0.3) is 0 Å². The lowest BCUT2D eigenvalue weighted by molar-refractivity contribution is -0.158. The number of benzene rings is 1. The van der Waals surface area contributed by atoms with Gasteiger partial charge in [-0.2, -0.15) is 0 Å². The number of piperidine rings is 1. The number of carbonyl (C=O) groups is 2. The Morgan fingerprint density at radius 2 is 1.74 bits per heavy atom. The van der Waals surface area contributed by atoms with Crippen LogP contribution in [0.5, 0.6) is 0 Å². The van der Waals surface area contributed by atoms with Crippen molar-refractivity contribution < 1.29 is 9.59 Å². The summed E-state index contributed by atoms with van der Waals surface area (Å²) in [7, 11) is 2.04. The second kappa shape index (κ2) is 7.64. The minimum atomic E-state index is 0.170. The van der Waals surface area contributed by atoms with Gasteiger partial charge in [0, 0.05) is 31.6 Å². The van der Waals surface area contributed by atoms with Crippen molar-refractivity contribution in [3.63, 3.8) is 0 Å². The number of hydrogen-bond donors (Lipinski definition) is 1. The number of rotatable bonds is 3. The van der Waals surface area contributed by atoms with Crippen LogP contribution >= 0.6 is 0 Å². The SMILES string of the molecule is CN1C(=O)CC[C@@]2(C)C1CC[C@H]1[C@@H]3CC[C@H](CC(=O)Nc4ccccc4)[C@@]3(C)CC[C@@H]12. The van der Waals surface area contributed by atoms with Crippen LogP contribution in [0.15, 0.2) is 30.3 Å². The van der Waals surface area contributed by atoms with E-state index in [2.05, 4.69) is 24.1 Å². The first-order valence-electron chi connectivity index (χ1n) is 12.4. The van der Waals surface area contributed by atoms with Crippen LogP contribution < -0.4 is 5.32 Å². The molecule has 0 spiro atoms. The Balaban J connectivity index is 1.30. The van der Waals surface area contributed by atoms with Gasteiger partial charge in [-0.1, -0.05) is 32.0 Å². The number of likely N-dealkylation sites (tertiary alicyclic amines) is 1. The first kappa shape index (κ1) is 21.0. The van der Waals surface area contributed by atoms with Crippen molar-refractivity contribution in [3.05, 3.63) is 30.3 Å². The molecule has 0 bridgehead atoms. The average Bonchev–Trinajstić information content (AvgIpc) is 3.08. The van der Waals surface area contributed by atoms with Gasteiger partial charge in [0.1, 0.15) is 0 Å². The van der Waals surface area contributed by atoms with Crippen LogP contribution in [0.3, 0.4) is 0 Å². The van der Waals surface area contributed by atoms with Crippen LogP contribution in [0, 0.1) is 34.5 Å². The normalized spacial score (nSPS) is 41.8. The highest BCUT2D eigenvalue weighted by atomic mass is 16.2. The average molecular weight is 423 g/mol. The van der Waals surface area contributed by atoms with Crippen LogP contribution in [0.4, 0.5) is 5.69 Å². The van der Waals surface area contributed by atoms with Gasteiger partial charge in [0.25, 0.3) is 0 Å². The molecule has 2 amide bonds. The first-order chi connectivity index (χ1) is 14.8. The summed E-state index contributed by atoms with van der Waals surface area (Å²) in [6.45, 7) is 4.98. The largest absolute Gasteiger partial charge is 0.342 e. The third-order valence-electron chi connectivity index (χ3n) is 10.2. The summed E-state index contributed by atoms with van der Waals surface area (Å²) in [5.74, 6) is 3.24. The number of amides is 2. The zero-order valence-corrected chi connectivity index (χ0v) is 19.4. The van der Waals surface area contributed by atoms with Gasteiger partial charge in [-0.15, -0.1) is 0 Å². The third-order valence-corrected chi connectivity index (χ3v) is 10.2. The summed E-state index contributed by atoms with van der Waals surface area (Å²) in [6.07, 6.45) is 9.81. The minimum absolute atomic E-state index is 0.170. The maximum Gasteiger partial charge on any atom is 0.224 e. The molecule has 0 aromatic heterocycles. The van der Waals surface area contributed by atoms with Crippen molar-refractivity contribution in [3.8, 4) is 0 Å². The van der Waals surface area contributed by atoms with E-state index < -0.39 is 0 Å². The fourth-order valence-electron chi connectivity index (χ4n) is 8.55. The van der Waals surface area contributed by atoms with Crippen LogP contribution in [0.1, 0.15) is 71.6 Å². The van der Waals surface area contributed by atoms with Crippen molar-refractivity contribution in [2.24, 2.45) is 34.5 Å². The van der Waals surface area contributed by atoms with E-state index in [0.29, 0.717) is 24.3 Å². The fourth-order valence-corrected chi connectivity index (χ4v) is 8.55. The van der Waals surface area contributed by atoms with Crippen molar-refractivity contribution in [1.29, 1.82) is 0 Å². The number of nitrogens with zero attached hydrogens (tertiary/aromatic N) is 1. The molecule has 1 heterocycles. The van der Waals surface area contributed by atoms with E-state index in [4.69, 9.17) is 0 Å². The maximum absolute atomic E-state index is 12.8. The number of nitrogens with one attached hydrogen (secondary N) is 1. The molecule has 4 fully saturated rings. The smallest absolute Gasteiger partial charge is 0.224 e. The fraction of sp³-hybridized carbons (Fsp3) is 0.704. The molecule has 4 aliphatic rings. The quantitative estimate of drug-likeness (QED) is 0.700. The Morgan fingerprint density at radius 3 is 2.52 bits per heavy atom. The van der Waals surface area contributed by atoms with E-state index in [1.807, 2.05) is 37.4 Å². The lowest BCUT2D eigenvalue weighted by atomic mass is 9.46. The van der Waals surface area contributed by atoms with E-state index in [0.717, 1.165) is 42.7 Å². The zero-order valence-electron chi connectivity index (χ0n) is 19.4. The summed E-state index contributed by atoms with van der Waals surface area (Å²) in [5.41, 5.74) is 1.46. The number of fused-ring (bicyclic) bond motifs is 5. The standard InChI is InChI=1S/C27H38N2O2/c1-26-15-13-22-20(10-12-23-27(22,2)16-14-25(31)29(23)3)21(26)11-9-18(26)17-24(30)28-19-7-5-4-6-8-19/h4-8,18,20-23H,9-17H2,1-3H3,(H,28,30)/t18-,20+,21+,22+,23?,26-,27-/m1/s1. The topological polar surface area (TPSA) is 49.4 Å². The van der Waals surface area contributed by atoms with E-state index >= 15 is 0 Å². The Bertz CT molecular complexity index is 854. The van der Waals surface area contributed by atoms with E-state index in [1.54, 1.807) is 0 Å². The van der Waals surface area contributed by atoms with Gasteiger partial charge in [0.05, 0.1) is 0 Å². The highest BCUT2D eigenvalue weighted by molar-refractivity contribution is 5.90. The molecule has 7 atom stereocenters. The molecular formula is C27H38N2O2. The van der Waals surface area contributed by atoms with E-state index in [1.165, 1.54) is 32.1 Å². The van der Waals surface area contributed by atoms with Gasteiger partial charge < -0.3 is 10.2 Å². The van der Waals surface area contributed by atoms with Crippen molar-refractivity contribution in [2.45, 2.75) is 77.7 Å². The molecule has 168 valence electrons. The van der Waals surface area contributed by atoms with Crippen LogP contribution in [-0.4, -0.2) is 29.8 Å². The lowest BCUT2D eigenvalue weighted by Gasteiger charge is -2.61. The molecule has 3 aliphatic carbocycles. The van der Waals surface area contributed by atoms with Gasteiger partial charge in [-0.25, -0.2) is 0 Å². The zero-order chi connectivity index (χ0) is 21.8. The van der Waals surface area contributed by atoms with Gasteiger partial charge >= 0.3 is 0 Å². The molecule has 5 rings (SSSR count). The van der Waals surface area contributed by atoms with Gasteiger partial charge in [0.2, 0.25) is 11.8 Å². The molecule has 1 aromatic carbocycles. The molecule has 1 aliphatic heterocycles. The number of anilines is 1. The summed E-state index contributed by atoms with van der Waals surface area (Å²) < 4.78 is 0. The molecule has 4 nitrogen and oxygen atoms in total. The Labute approximate surface area is 187 Å². The molecule has 1 unspecified atom stereocenters. The Kier molecular flexibility index (Phi) is 5.18. The van der Waals surface area contributed by atoms with E-state index in [-0.39, 0.29) is 16.7 Å². The predicted molar refractivity (Wildman–Crippen MR) is 123 cm³/mol. The molecule has 31 heavy (non-hydrogen) atoms. The number of para-hydroxylation sites is 1. The molecule has 0 radical (unpaired) electrons. The summed E-state index contributed by atoms with van der Waals surface area (Å²) >= 11 is 0. The first-order valence-corrected chi connectivity index (χ1v) is 12.4. The number of carbonyl (C=O) groups excluding carboxylic acids is 2. The highest BCUT2D eigenvalue weighted by Gasteiger charge is 2.61. The number of hydrogen-bond acceptors (Lipinski definition) is 2. The third kappa shape index (κ3) is 3.32. The second-order valence-corrected chi connectivity index (χ2v) is 11.4. The van der Waals surface area contributed by atoms with E-state index in [9.17, 15) is 9.59 Å². The lowest BCUT2D eigenvalue weighted by Crippen LogP contribution is -2.61. The van der Waals surface area contributed by atoms with Crippen LogP contribution in [0.2, 0.25) is 0 Å². The van der Waals surface area contributed by atoms with Gasteiger partial charge in [-0.05, 0) is 91.6 Å². The Morgan fingerprint density at radius 1 is 1.00 bits per heavy atom. The summed E-state index contributed by atoms with van der Waals surface area (Å²) in [6, 6.07) is 10.3. The molecule has 1 N–H and O–H groups in total. The molecule has 3 saturated carbocycles. The molecule has 4 heteroatoms. The molecular weight excluding hydrogens is 384 g/mol. The maximum atomic E-state index is 12.8. The summed E-state index contributed by atoms with van der Waals surface area (Å²) in [5, 5.41) is 3.11. The van der Waals surface area contributed by atoms with Crippen molar-refractivity contribution >= 4 is 17.5 Å². The Hall–Kier alpha value is -1.84. The molecule has 1 saturated heterocycles.